The van der Waals surface area contributed by atoms with E-state index >= 15 is 0 Å². The molecule has 0 bridgehead atoms. The molecular formula is C38H48BrN9O13S. The lowest BCUT2D eigenvalue weighted by molar-refractivity contribution is -0.173. The van der Waals surface area contributed by atoms with Crippen molar-refractivity contribution in [3.8, 4) is 5.88 Å². The van der Waals surface area contributed by atoms with Gasteiger partial charge in [0.25, 0.3) is 11.8 Å². The van der Waals surface area contributed by atoms with Gasteiger partial charge < -0.3 is 49.4 Å². The molecule has 1 aromatic carbocycles. The highest BCUT2D eigenvalue weighted by Gasteiger charge is 2.32. The summed E-state index contributed by atoms with van der Waals surface area (Å²) in [5.74, 6) is -4.20. The van der Waals surface area contributed by atoms with E-state index in [1.807, 2.05) is 25.7 Å². The number of ether oxygens (including phenoxy) is 5. The Morgan fingerprint density at radius 1 is 0.919 bits per heavy atom. The van der Waals surface area contributed by atoms with E-state index in [-0.39, 0.29) is 44.0 Å². The van der Waals surface area contributed by atoms with E-state index in [0.29, 0.717) is 77.9 Å². The van der Waals surface area contributed by atoms with Crippen LogP contribution in [0.1, 0.15) is 47.5 Å². The van der Waals surface area contributed by atoms with Crippen LogP contribution in [-0.4, -0.2) is 152 Å². The van der Waals surface area contributed by atoms with Gasteiger partial charge in [0, 0.05) is 56.3 Å². The van der Waals surface area contributed by atoms with Gasteiger partial charge in [-0.05, 0) is 62.7 Å². The number of hydrogen-bond donors (Lipinski definition) is 4. The maximum absolute atomic E-state index is 13.3. The molecule has 0 radical (unpaired) electrons. The number of carboxylic acid groups (broad SMARTS) is 2. The number of esters is 3. The normalized spacial score (nSPS) is 15.4. The molecule has 4 heterocycles. The van der Waals surface area contributed by atoms with Gasteiger partial charge in [0.15, 0.2) is 12.2 Å². The molecule has 62 heavy (non-hydrogen) atoms. The van der Waals surface area contributed by atoms with Gasteiger partial charge in [-0.2, -0.15) is 4.37 Å². The molecule has 4 N–H and O–H groups in total. The first-order valence-electron chi connectivity index (χ1n) is 19.2. The Morgan fingerprint density at radius 3 is 2.24 bits per heavy atom. The van der Waals surface area contributed by atoms with Crippen LogP contribution < -0.4 is 20.3 Å². The van der Waals surface area contributed by atoms with Crippen LogP contribution in [0.3, 0.4) is 0 Å². The molecule has 0 saturated carbocycles. The second-order valence-electron chi connectivity index (χ2n) is 14.4. The first kappa shape index (κ1) is 48.8. The van der Waals surface area contributed by atoms with Crippen LogP contribution in [0.15, 0.2) is 46.1 Å². The number of carboxylic acids is 2. The first-order valence-corrected chi connectivity index (χ1v) is 20.7. The Labute approximate surface area is 368 Å². The number of nitrogens with one attached hydrogen (secondary N) is 2. The molecule has 3 atom stereocenters. The molecule has 24 heteroatoms. The summed E-state index contributed by atoms with van der Waals surface area (Å²) in [6.07, 6.45) is 0.373. The number of amides is 1. The summed E-state index contributed by atoms with van der Waals surface area (Å²) in [6, 6.07) is 3.57. The smallest absolute Gasteiger partial charge is 0.347 e. The summed E-state index contributed by atoms with van der Waals surface area (Å²) in [5.41, 5.74) is 1.67. The fourth-order valence-corrected chi connectivity index (χ4v) is 6.44. The van der Waals surface area contributed by atoms with Crippen molar-refractivity contribution in [2.75, 3.05) is 62.8 Å². The SMILES string of the molecule is CC(OC(=O)CCC(=O)O[C@@H](CNC(C)(C)C)COc1nsnc1N1CCOCC1)C(=O)OC(C)C(=O)N1CCN=C1Nc1ccc2nccnc2c1Br.O=C(O)/C=C\C(=O)O. The molecule has 3 aromatic rings. The molecule has 5 rings (SSSR count). The molecule has 1 saturated heterocycles. The van der Waals surface area contributed by atoms with Crippen LogP contribution in [0.25, 0.3) is 11.0 Å². The fraction of sp³-hybridized carbons (Fsp3) is 0.500. The van der Waals surface area contributed by atoms with E-state index in [0.717, 1.165) is 11.7 Å². The third-order valence-corrected chi connectivity index (χ3v) is 9.74. The van der Waals surface area contributed by atoms with Gasteiger partial charge in [-0.3, -0.25) is 34.2 Å². The van der Waals surface area contributed by atoms with Crippen LogP contribution in [0, 0.1) is 0 Å². The molecule has 1 fully saturated rings. The van der Waals surface area contributed by atoms with Crippen molar-refractivity contribution in [2.24, 2.45) is 4.99 Å². The van der Waals surface area contributed by atoms with E-state index in [9.17, 15) is 28.8 Å². The zero-order valence-electron chi connectivity index (χ0n) is 34.6. The van der Waals surface area contributed by atoms with Gasteiger partial charge in [-0.15, -0.1) is 4.37 Å². The molecule has 336 valence electrons. The van der Waals surface area contributed by atoms with E-state index in [1.165, 1.54) is 18.7 Å². The lowest BCUT2D eigenvalue weighted by Crippen LogP contribution is -2.45. The van der Waals surface area contributed by atoms with Gasteiger partial charge in [0.1, 0.15) is 18.2 Å². The quantitative estimate of drug-likeness (QED) is 0.0859. The zero-order chi connectivity index (χ0) is 45.4. The second-order valence-corrected chi connectivity index (χ2v) is 15.8. The summed E-state index contributed by atoms with van der Waals surface area (Å²) in [6.45, 7) is 12.0. The van der Waals surface area contributed by atoms with Crippen molar-refractivity contribution < 1.29 is 62.7 Å². The highest BCUT2D eigenvalue weighted by molar-refractivity contribution is 9.10. The average molecular weight is 951 g/mol. The predicted molar refractivity (Wildman–Crippen MR) is 226 cm³/mol. The first-order chi connectivity index (χ1) is 29.4. The van der Waals surface area contributed by atoms with E-state index in [2.05, 4.69) is 50.3 Å². The number of carbonyl (C=O) groups is 6. The number of benzene rings is 1. The Bertz CT molecular complexity index is 2110. The lowest BCUT2D eigenvalue weighted by Gasteiger charge is -2.27. The van der Waals surface area contributed by atoms with Gasteiger partial charge in [-0.25, -0.2) is 14.4 Å². The maximum Gasteiger partial charge on any atom is 0.347 e. The van der Waals surface area contributed by atoms with Crippen LogP contribution >= 0.6 is 27.7 Å². The summed E-state index contributed by atoms with van der Waals surface area (Å²) in [7, 11) is 0. The number of aromatic nitrogens is 4. The zero-order valence-corrected chi connectivity index (χ0v) is 37.0. The van der Waals surface area contributed by atoms with Gasteiger partial charge in [0.05, 0.1) is 60.0 Å². The molecule has 2 unspecified atom stereocenters. The van der Waals surface area contributed by atoms with Crippen LogP contribution in [0.4, 0.5) is 11.5 Å². The summed E-state index contributed by atoms with van der Waals surface area (Å²) in [4.78, 5) is 87.1. The third-order valence-electron chi connectivity index (χ3n) is 8.43. The molecule has 0 spiro atoms. The molecule has 1 amide bonds. The number of carbonyl (C=O) groups excluding carboxylic acids is 4. The average Bonchev–Trinajstić information content (AvgIpc) is 3.91. The van der Waals surface area contributed by atoms with E-state index < -0.39 is 54.1 Å². The lowest BCUT2D eigenvalue weighted by atomic mass is 10.1. The van der Waals surface area contributed by atoms with Crippen molar-refractivity contribution in [3.05, 3.63) is 41.2 Å². The predicted octanol–water partition coefficient (Wildman–Crippen LogP) is 2.42. The van der Waals surface area contributed by atoms with Crippen LogP contribution in [0.2, 0.25) is 0 Å². The summed E-state index contributed by atoms with van der Waals surface area (Å²) in [5, 5.41) is 22.1. The van der Waals surface area contributed by atoms with Gasteiger partial charge in [0.2, 0.25) is 11.8 Å². The minimum absolute atomic E-state index is 0.00117. The highest BCUT2D eigenvalue weighted by Crippen LogP contribution is 2.30. The van der Waals surface area contributed by atoms with Crippen molar-refractivity contribution in [2.45, 2.75) is 71.3 Å². The third kappa shape index (κ3) is 15.6. The second kappa shape index (κ2) is 23.4. The molecule has 2 aromatic heterocycles. The Morgan fingerprint density at radius 2 is 1.58 bits per heavy atom. The fourth-order valence-electron chi connectivity index (χ4n) is 5.39. The van der Waals surface area contributed by atoms with Crippen molar-refractivity contribution >= 4 is 91.9 Å². The topological polar surface area (TPSA) is 283 Å². The molecule has 22 nitrogen and oxygen atoms in total. The largest absolute Gasteiger partial charge is 0.478 e. The maximum atomic E-state index is 13.3. The van der Waals surface area contributed by atoms with Gasteiger partial charge >= 0.3 is 29.8 Å². The van der Waals surface area contributed by atoms with E-state index in [4.69, 9.17) is 33.9 Å². The van der Waals surface area contributed by atoms with Crippen LogP contribution in [0.5, 0.6) is 5.88 Å². The Hall–Kier alpha value is -5.85. The number of anilines is 2. The standard InChI is InChI=1S/C34H44BrN9O9S.C4H4O4/c1-20(31(47)44-13-12-38-33(44)40-23-6-7-24-28(27(23)35)37-11-10-36-24)52-32(48)21(2)51-25(45)8-9-26(46)53-22(18-39-34(3,4)5)19-50-30-29(41-54-42-30)43-14-16-49-17-15-43;5-3(6)1-2-4(7)8/h6-7,10-11,20-22,39H,8-9,12-19H2,1-5H3,(H,38,40);1-2H,(H,5,6)(H,7,8)/b;2-1-/t20?,21?,22-;/m0./s1. The number of aliphatic imine (C=N–C) groups is 1. The monoisotopic (exact) mass is 949 g/mol. The molecule has 2 aliphatic rings. The van der Waals surface area contributed by atoms with Crippen molar-refractivity contribution in [1.82, 2.24) is 28.9 Å². The molecule has 0 aliphatic carbocycles. The molecule has 2 aliphatic heterocycles. The number of hydrogen-bond acceptors (Lipinski definition) is 20. The summed E-state index contributed by atoms with van der Waals surface area (Å²) < 4.78 is 36.9. The minimum Gasteiger partial charge on any atom is -0.478 e. The van der Waals surface area contributed by atoms with Crippen LogP contribution in [-0.2, 0) is 47.7 Å². The number of halogens is 1. The van der Waals surface area contributed by atoms with Crippen molar-refractivity contribution in [1.29, 1.82) is 0 Å². The van der Waals surface area contributed by atoms with Crippen molar-refractivity contribution in [3.63, 3.8) is 0 Å². The summed E-state index contributed by atoms with van der Waals surface area (Å²) >= 11 is 4.56. The van der Waals surface area contributed by atoms with Gasteiger partial charge in [-0.1, -0.05) is 0 Å². The number of guanidine groups is 1. The Balaban J connectivity index is 0.000000959. The Kier molecular flexibility index (Phi) is 18.4. The molecular weight excluding hydrogens is 902 g/mol. The highest BCUT2D eigenvalue weighted by atomic mass is 79.9. The number of rotatable bonds is 17. The minimum atomic E-state index is -1.34. The number of fused-ring (bicyclic) bond motifs is 1. The van der Waals surface area contributed by atoms with E-state index in [1.54, 1.807) is 24.5 Å². The number of aliphatic carboxylic acids is 2. The number of morpholine rings is 1. The number of nitrogens with zero attached hydrogens (tertiary/aromatic N) is 7.